The second-order valence-corrected chi connectivity index (χ2v) is 6.24. The summed E-state index contributed by atoms with van der Waals surface area (Å²) in [5.74, 6) is -1.71. The number of halogens is 2. The lowest BCUT2D eigenvalue weighted by Crippen LogP contribution is -2.52. The Morgan fingerprint density at radius 1 is 1.19 bits per heavy atom. The van der Waals surface area contributed by atoms with E-state index in [1.54, 1.807) is 4.90 Å². The van der Waals surface area contributed by atoms with Gasteiger partial charge in [-0.2, -0.15) is 15.4 Å². The number of H-pyrrole nitrogens is 1. The molecule has 11 heteroatoms. The summed E-state index contributed by atoms with van der Waals surface area (Å²) in [5.41, 5.74) is 0.182. The van der Waals surface area contributed by atoms with E-state index in [1.807, 2.05) is 0 Å². The minimum Gasteiger partial charge on any atom is -0.342 e. The molecule has 1 fully saturated rings. The molecule has 3 rings (SSSR count). The van der Waals surface area contributed by atoms with Crippen LogP contribution in [0.4, 0.5) is 4.39 Å². The fourth-order valence-corrected chi connectivity index (χ4v) is 2.86. The summed E-state index contributed by atoms with van der Waals surface area (Å²) in [6, 6.07) is 3.62. The Morgan fingerprint density at radius 2 is 1.89 bits per heavy atom. The lowest BCUT2D eigenvalue weighted by atomic mass is 10.1. The number of amides is 3. The maximum Gasteiger partial charge on any atom is 0.273 e. The molecule has 2 heterocycles. The molecule has 0 unspecified atom stereocenters. The number of nitrogens with zero attached hydrogens (tertiary/aromatic N) is 4. The average Bonchev–Trinajstić information content (AvgIpc) is 3.22. The zero-order valence-corrected chi connectivity index (χ0v) is 14.9. The topological polar surface area (TPSA) is 111 Å². The Morgan fingerprint density at radius 3 is 2.56 bits per heavy atom. The number of rotatable bonds is 4. The second kappa shape index (κ2) is 8.12. The van der Waals surface area contributed by atoms with Crippen molar-refractivity contribution in [3.8, 4) is 0 Å². The Balaban J connectivity index is 1.51. The number of hydrogen-bond donors (Lipinski definition) is 2. The first-order chi connectivity index (χ1) is 13.0. The van der Waals surface area contributed by atoms with Crippen LogP contribution in [0.15, 0.2) is 24.4 Å². The number of hydrogen-bond acceptors (Lipinski definition) is 5. The third kappa shape index (κ3) is 4.40. The monoisotopic (exact) mass is 394 g/mol. The van der Waals surface area contributed by atoms with Gasteiger partial charge in [-0.25, -0.2) is 4.39 Å². The third-order valence-electron chi connectivity index (χ3n) is 4.13. The molecule has 1 aliphatic heterocycles. The molecule has 1 saturated heterocycles. The minimum absolute atomic E-state index is 0.0881. The summed E-state index contributed by atoms with van der Waals surface area (Å²) in [6.45, 7) is 0.993. The van der Waals surface area contributed by atoms with Crippen LogP contribution in [0.1, 0.15) is 20.8 Å². The predicted molar refractivity (Wildman–Crippen MR) is 92.6 cm³/mol. The van der Waals surface area contributed by atoms with Crippen molar-refractivity contribution in [3.05, 3.63) is 46.5 Å². The van der Waals surface area contributed by atoms with Crippen LogP contribution in [0.3, 0.4) is 0 Å². The molecule has 0 aliphatic carbocycles. The first-order valence-corrected chi connectivity index (χ1v) is 8.49. The normalized spacial score (nSPS) is 14.1. The van der Waals surface area contributed by atoms with Crippen LogP contribution in [0, 0.1) is 5.82 Å². The molecule has 0 bridgehead atoms. The number of benzene rings is 1. The smallest absolute Gasteiger partial charge is 0.273 e. The summed E-state index contributed by atoms with van der Waals surface area (Å²) in [7, 11) is 0. The van der Waals surface area contributed by atoms with Gasteiger partial charge in [-0.3, -0.25) is 14.4 Å². The number of piperazine rings is 1. The number of carbonyl (C=O) groups is 3. The molecule has 2 N–H and O–H groups in total. The van der Waals surface area contributed by atoms with E-state index < -0.39 is 11.7 Å². The molecule has 1 aromatic heterocycles. The second-order valence-electron chi connectivity index (χ2n) is 5.84. The zero-order valence-electron chi connectivity index (χ0n) is 14.1. The highest BCUT2D eigenvalue weighted by Crippen LogP contribution is 2.19. The lowest BCUT2D eigenvalue weighted by Gasteiger charge is -2.35. The Kier molecular flexibility index (Phi) is 5.65. The van der Waals surface area contributed by atoms with E-state index in [1.165, 1.54) is 23.2 Å². The molecule has 3 amide bonds. The van der Waals surface area contributed by atoms with Crippen molar-refractivity contribution in [2.24, 2.45) is 0 Å². The van der Waals surface area contributed by atoms with Crippen molar-refractivity contribution < 1.29 is 18.8 Å². The number of nitrogens with one attached hydrogen (secondary N) is 2. The Labute approximate surface area is 158 Å². The van der Waals surface area contributed by atoms with Crippen LogP contribution in [0.5, 0.6) is 0 Å². The van der Waals surface area contributed by atoms with Gasteiger partial charge in [0.25, 0.3) is 11.8 Å². The molecule has 0 radical (unpaired) electrons. The molecule has 142 valence electrons. The zero-order chi connectivity index (χ0) is 19.4. The van der Waals surface area contributed by atoms with Crippen LogP contribution >= 0.6 is 11.6 Å². The first kappa shape index (κ1) is 18.8. The van der Waals surface area contributed by atoms with Gasteiger partial charge >= 0.3 is 0 Å². The fourth-order valence-electron chi connectivity index (χ4n) is 2.66. The minimum atomic E-state index is -0.542. The molecule has 1 aromatic carbocycles. The van der Waals surface area contributed by atoms with E-state index in [4.69, 9.17) is 11.6 Å². The largest absolute Gasteiger partial charge is 0.342 e. The van der Waals surface area contributed by atoms with Crippen molar-refractivity contribution in [2.45, 2.75) is 0 Å². The average molecular weight is 395 g/mol. The maximum absolute atomic E-state index is 13.4. The van der Waals surface area contributed by atoms with Gasteiger partial charge < -0.3 is 15.1 Å². The maximum atomic E-state index is 13.4. The van der Waals surface area contributed by atoms with E-state index >= 15 is 0 Å². The van der Waals surface area contributed by atoms with Crippen LogP contribution < -0.4 is 5.32 Å². The van der Waals surface area contributed by atoms with Gasteiger partial charge in [0.1, 0.15) is 5.82 Å². The van der Waals surface area contributed by atoms with E-state index in [0.717, 1.165) is 6.07 Å². The summed E-state index contributed by atoms with van der Waals surface area (Å²) < 4.78 is 13.4. The van der Waals surface area contributed by atoms with Gasteiger partial charge in [0, 0.05) is 26.2 Å². The first-order valence-electron chi connectivity index (χ1n) is 8.12. The quantitative estimate of drug-likeness (QED) is 0.775. The van der Waals surface area contributed by atoms with Crippen molar-refractivity contribution in [1.29, 1.82) is 0 Å². The SMILES string of the molecule is O=C(NCC(=O)N1CCN(C(=O)c2cc(F)ccc2Cl)CC1)c1cn[nH]n1. The van der Waals surface area contributed by atoms with Crippen molar-refractivity contribution >= 4 is 29.3 Å². The van der Waals surface area contributed by atoms with Gasteiger partial charge in [0.2, 0.25) is 5.91 Å². The Bertz CT molecular complexity index is 852. The number of carbonyl (C=O) groups excluding carboxylic acids is 3. The van der Waals surface area contributed by atoms with E-state index in [-0.39, 0.29) is 47.7 Å². The van der Waals surface area contributed by atoms with E-state index in [9.17, 15) is 18.8 Å². The molecule has 0 saturated carbocycles. The molecule has 9 nitrogen and oxygen atoms in total. The van der Waals surface area contributed by atoms with Crippen molar-refractivity contribution in [2.75, 3.05) is 32.7 Å². The van der Waals surface area contributed by atoms with Crippen molar-refractivity contribution in [3.63, 3.8) is 0 Å². The molecule has 2 aromatic rings. The third-order valence-corrected chi connectivity index (χ3v) is 4.46. The van der Waals surface area contributed by atoms with Gasteiger partial charge in [-0.1, -0.05) is 11.6 Å². The molecule has 27 heavy (non-hydrogen) atoms. The highest BCUT2D eigenvalue weighted by molar-refractivity contribution is 6.33. The standard InChI is InChI=1S/C16H16ClFN6O3/c17-12-2-1-10(18)7-11(12)16(27)24-5-3-23(4-6-24)14(25)9-19-15(26)13-8-20-22-21-13/h1-2,7-8H,3-6,9H2,(H,19,26)(H,20,21,22). The number of aromatic nitrogens is 3. The van der Waals surface area contributed by atoms with E-state index in [0.29, 0.717) is 13.1 Å². The van der Waals surface area contributed by atoms with Gasteiger partial charge in [0.05, 0.1) is 23.3 Å². The summed E-state index contributed by atoms with van der Waals surface area (Å²) in [4.78, 5) is 39.5. The van der Waals surface area contributed by atoms with E-state index in [2.05, 4.69) is 20.7 Å². The fraction of sp³-hybridized carbons (Fsp3) is 0.312. The lowest BCUT2D eigenvalue weighted by molar-refractivity contribution is -0.131. The summed E-state index contributed by atoms with van der Waals surface area (Å²) in [6.07, 6.45) is 1.25. The van der Waals surface area contributed by atoms with Crippen LogP contribution in [-0.4, -0.2) is 75.7 Å². The molecule has 0 atom stereocenters. The number of aromatic amines is 1. The van der Waals surface area contributed by atoms with Gasteiger partial charge in [-0.15, -0.1) is 0 Å². The molecular formula is C16H16ClFN6O3. The molecule has 0 spiro atoms. The summed E-state index contributed by atoms with van der Waals surface area (Å²) in [5, 5.41) is 12.1. The van der Waals surface area contributed by atoms with Crippen LogP contribution in [0.25, 0.3) is 0 Å². The van der Waals surface area contributed by atoms with Gasteiger partial charge in [-0.05, 0) is 18.2 Å². The predicted octanol–water partition coefficient (Wildman–Crippen LogP) is 0.312. The summed E-state index contributed by atoms with van der Waals surface area (Å²) >= 11 is 5.97. The molecular weight excluding hydrogens is 379 g/mol. The van der Waals surface area contributed by atoms with Crippen molar-refractivity contribution in [1.82, 2.24) is 30.5 Å². The Hall–Kier alpha value is -3.01. The van der Waals surface area contributed by atoms with Crippen LogP contribution in [0.2, 0.25) is 5.02 Å². The van der Waals surface area contributed by atoms with Gasteiger partial charge in [0.15, 0.2) is 5.69 Å². The molecule has 1 aliphatic rings. The highest BCUT2D eigenvalue weighted by atomic mass is 35.5. The highest BCUT2D eigenvalue weighted by Gasteiger charge is 2.26. The van der Waals surface area contributed by atoms with Crippen LogP contribution in [-0.2, 0) is 4.79 Å².